The summed E-state index contributed by atoms with van der Waals surface area (Å²) in [6.45, 7) is 5.49. The van der Waals surface area contributed by atoms with Gasteiger partial charge in [-0.1, -0.05) is 38.1 Å². The lowest BCUT2D eigenvalue weighted by Gasteiger charge is -2.47. The molecular weight excluding hydrogens is 222 g/mol. The van der Waals surface area contributed by atoms with E-state index in [9.17, 15) is 4.79 Å². The Bertz CT molecular complexity index is 480. The summed E-state index contributed by atoms with van der Waals surface area (Å²) in [7, 11) is 0. The summed E-state index contributed by atoms with van der Waals surface area (Å²) in [5.41, 5.74) is 3.41. The Balaban J connectivity index is 2.07. The fourth-order valence-corrected chi connectivity index (χ4v) is 3.60. The summed E-state index contributed by atoms with van der Waals surface area (Å²) in [5, 5.41) is 3.07. The number of carbonyl (C=O) groups is 1. The van der Waals surface area contributed by atoms with Gasteiger partial charge in [-0.3, -0.25) is 4.79 Å². The van der Waals surface area contributed by atoms with Gasteiger partial charge in [0.05, 0.1) is 0 Å². The van der Waals surface area contributed by atoms with Gasteiger partial charge >= 0.3 is 0 Å². The van der Waals surface area contributed by atoms with Crippen LogP contribution in [0.5, 0.6) is 0 Å². The molecule has 1 atom stereocenters. The maximum atomic E-state index is 11.4. The van der Waals surface area contributed by atoms with E-state index < -0.39 is 0 Å². The van der Waals surface area contributed by atoms with Crippen LogP contribution in [-0.4, -0.2) is 12.5 Å². The van der Waals surface area contributed by atoms with Gasteiger partial charge in [-0.15, -0.1) is 0 Å². The van der Waals surface area contributed by atoms with Crippen LogP contribution in [-0.2, 0) is 15.6 Å². The van der Waals surface area contributed by atoms with Crippen LogP contribution in [0.4, 0.5) is 0 Å². The van der Waals surface area contributed by atoms with E-state index >= 15 is 0 Å². The molecule has 1 fully saturated rings. The van der Waals surface area contributed by atoms with Crippen molar-refractivity contribution in [2.75, 3.05) is 6.54 Å². The molecule has 1 aromatic rings. The average molecular weight is 243 g/mol. The van der Waals surface area contributed by atoms with Gasteiger partial charge in [-0.25, -0.2) is 0 Å². The minimum absolute atomic E-state index is 0.194. The third kappa shape index (κ3) is 1.66. The summed E-state index contributed by atoms with van der Waals surface area (Å²) >= 11 is 0. The van der Waals surface area contributed by atoms with E-state index in [1.165, 1.54) is 24.0 Å². The van der Waals surface area contributed by atoms with E-state index in [0.29, 0.717) is 6.42 Å². The molecular formula is C16H21NO. The third-order valence-corrected chi connectivity index (χ3v) is 4.91. The predicted molar refractivity (Wildman–Crippen MR) is 72.6 cm³/mol. The summed E-state index contributed by atoms with van der Waals surface area (Å²) in [4.78, 5) is 11.4. The molecule has 0 bridgehead atoms. The fraction of sp³-hybridized carbons (Fsp3) is 0.562. The summed E-state index contributed by atoms with van der Waals surface area (Å²) in [6.07, 6.45) is 4.08. The van der Waals surface area contributed by atoms with E-state index in [4.69, 9.17) is 0 Å². The van der Waals surface area contributed by atoms with Crippen molar-refractivity contribution in [3.8, 4) is 0 Å². The van der Waals surface area contributed by atoms with E-state index in [1.54, 1.807) is 0 Å². The van der Waals surface area contributed by atoms with Crippen molar-refractivity contribution in [1.82, 2.24) is 5.32 Å². The highest BCUT2D eigenvalue weighted by atomic mass is 16.1. The molecule has 2 aliphatic rings. The second-order valence-corrected chi connectivity index (χ2v) is 6.49. The Morgan fingerprint density at radius 2 is 1.78 bits per heavy atom. The number of rotatable bonds is 0. The fourth-order valence-electron chi connectivity index (χ4n) is 3.60. The number of piperidine rings is 1. The number of hydrogen-bond donors (Lipinski definition) is 1. The van der Waals surface area contributed by atoms with Crippen molar-refractivity contribution in [2.24, 2.45) is 0 Å². The maximum absolute atomic E-state index is 11.4. The van der Waals surface area contributed by atoms with Crippen molar-refractivity contribution in [3.63, 3.8) is 0 Å². The molecule has 96 valence electrons. The van der Waals surface area contributed by atoms with Crippen molar-refractivity contribution in [1.29, 1.82) is 0 Å². The molecule has 1 aliphatic carbocycles. The highest BCUT2D eigenvalue weighted by molar-refractivity contribution is 5.77. The molecule has 1 N–H and O–H groups in total. The molecule has 1 unspecified atom stereocenters. The Morgan fingerprint density at radius 1 is 1.06 bits per heavy atom. The number of fused-ring (bicyclic) bond motifs is 2. The molecule has 18 heavy (non-hydrogen) atoms. The SMILES string of the molecule is CC1(C)CCC2(CCC(=O)NC2)c2ccccc21. The molecule has 1 heterocycles. The Kier molecular flexibility index (Phi) is 2.51. The van der Waals surface area contributed by atoms with Crippen LogP contribution in [0, 0.1) is 0 Å². The second kappa shape index (κ2) is 3.84. The van der Waals surface area contributed by atoms with Gasteiger partial charge in [-0.2, -0.15) is 0 Å². The van der Waals surface area contributed by atoms with Crippen LogP contribution < -0.4 is 5.32 Å². The zero-order valence-electron chi connectivity index (χ0n) is 11.3. The largest absolute Gasteiger partial charge is 0.355 e. The molecule has 2 nitrogen and oxygen atoms in total. The van der Waals surface area contributed by atoms with Gasteiger partial charge in [0.2, 0.25) is 5.91 Å². The minimum atomic E-state index is 0.194. The lowest BCUT2D eigenvalue weighted by atomic mass is 9.59. The number of carbonyl (C=O) groups excluding carboxylic acids is 1. The normalized spacial score (nSPS) is 29.8. The van der Waals surface area contributed by atoms with Crippen LogP contribution >= 0.6 is 0 Å². The monoisotopic (exact) mass is 243 g/mol. The first kappa shape index (κ1) is 11.8. The number of benzene rings is 1. The smallest absolute Gasteiger partial charge is 0.220 e. The van der Waals surface area contributed by atoms with Crippen molar-refractivity contribution in [2.45, 2.75) is 50.4 Å². The molecule has 2 heteroatoms. The van der Waals surface area contributed by atoms with E-state index in [2.05, 4.69) is 43.4 Å². The number of amides is 1. The molecule has 1 saturated heterocycles. The Labute approximate surface area is 109 Å². The van der Waals surface area contributed by atoms with Gasteiger partial charge in [0.15, 0.2) is 0 Å². The molecule has 3 rings (SSSR count). The highest BCUT2D eigenvalue weighted by Crippen LogP contribution is 2.48. The van der Waals surface area contributed by atoms with E-state index in [0.717, 1.165) is 13.0 Å². The average Bonchev–Trinajstić information content (AvgIpc) is 2.38. The first-order valence-electron chi connectivity index (χ1n) is 6.90. The van der Waals surface area contributed by atoms with Gasteiger partial charge in [0.25, 0.3) is 0 Å². The predicted octanol–water partition coefficient (Wildman–Crippen LogP) is 2.91. The summed E-state index contributed by atoms with van der Waals surface area (Å²) < 4.78 is 0. The van der Waals surface area contributed by atoms with Gasteiger partial charge in [0.1, 0.15) is 0 Å². The van der Waals surface area contributed by atoms with Crippen LogP contribution in [0.3, 0.4) is 0 Å². The molecule has 1 amide bonds. The quantitative estimate of drug-likeness (QED) is 0.746. The maximum Gasteiger partial charge on any atom is 0.220 e. The van der Waals surface area contributed by atoms with Crippen LogP contribution in [0.1, 0.15) is 50.7 Å². The highest BCUT2D eigenvalue weighted by Gasteiger charge is 2.44. The second-order valence-electron chi connectivity index (χ2n) is 6.49. The number of hydrogen-bond acceptors (Lipinski definition) is 1. The standard InChI is InChI=1S/C16H21NO/c1-15(2)9-10-16(8-7-14(18)17-11-16)13-6-4-3-5-12(13)15/h3-6H,7-11H2,1-2H3,(H,17,18). The van der Waals surface area contributed by atoms with Gasteiger partial charge in [-0.05, 0) is 35.8 Å². The molecule has 0 aromatic heterocycles. The minimum Gasteiger partial charge on any atom is -0.355 e. The molecule has 1 aliphatic heterocycles. The van der Waals surface area contributed by atoms with Crippen LogP contribution in [0.25, 0.3) is 0 Å². The van der Waals surface area contributed by atoms with Crippen LogP contribution in [0.2, 0.25) is 0 Å². The van der Waals surface area contributed by atoms with Crippen LogP contribution in [0.15, 0.2) is 24.3 Å². The Hall–Kier alpha value is -1.31. The van der Waals surface area contributed by atoms with E-state index in [1.807, 2.05) is 0 Å². The van der Waals surface area contributed by atoms with E-state index in [-0.39, 0.29) is 16.7 Å². The van der Waals surface area contributed by atoms with Crippen molar-refractivity contribution in [3.05, 3.63) is 35.4 Å². The zero-order chi connectivity index (χ0) is 12.8. The van der Waals surface area contributed by atoms with Gasteiger partial charge in [0, 0.05) is 18.4 Å². The molecule has 0 radical (unpaired) electrons. The van der Waals surface area contributed by atoms with Crippen molar-refractivity contribution < 1.29 is 4.79 Å². The van der Waals surface area contributed by atoms with Crippen molar-refractivity contribution >= 4 is 5.91 Å². The molecule has 0 saturated carbocycles. The lowest BCUT2D eigenvalue weighted by Crippen LogP contribution is -2.49. The van der Waals surface area contributed by atoms with Gasteiger partial charge < -0.3 is 5.32 Å². The zero-order valence-corrected chi connectivity index (χ0v) is 11.3. The first-order valence-corrected chi connectivity index (χ1v) is 6.90. The summed E-state index contributed by atoms with van der Waals surface area (Å²) in [6, 6.07) is 8.82. The third-order valence-electron chi connectivity index (χ3n) is 4.91. The Morgan fingerprint density at radius 3 is 2.44 bits per heavy atom. The summed E-state index contributed by atoms with van der Waals surface area (Å²) in [5.74, 6) is 0.211. The lowest BCUT2D eigenvalue weighted by molar-refractivity contribution is -0.123. The molecule has 1 aromatic carbocycles. The first-order chi connectivity index (χ1) is 8.54. The molecule has 1 spiro atoms. The topological polar surface area (TPSA) is 29.1 Å². The number of nitrogens with one attached hydrogen (secondary N) is 1.